The summed E-state index contributed by atoms with van der Waals surface area (Å²) in [5.74, 6) is -0.543. The normalized spacial score (nSPS) is 14.6. The first kappa shape index (κ1) is 24.2. The van der Waals surface area contributed by atoms with Crippen molar-refractivity contribution in [2.45, 2.75) is 57.9 Å². The minimum Gasteiger partial charge on any atom is -0.461 e. The monoisotopic (exact) mass is 481 g/mol. The summed E-state index contributed by atoms with van der Waals surface area (Å²) in [6.07, 6.45) is 0.439. The molecule has 2 heterocycles. The highest BCUT2D eigenvalue weighted by molar-refractivity contribution is 7.89. The van der Waals surface area contributed by atoms with Gasteiger partial charge in [-0.05, 0) is 49.1 Å². The zero-order chi connectivity index (χ0) is 24.7. The number of ether oxygens (including phenoxy) is 1. The molecule has 0 radical (unpaired) electrons. The summed E-state index contributed by atoms with van der Waals surface area (Å²) in [6.45, 7) is 10.6. The number of fused-ring (bicyclic) bond motifs is 1. The fraction of sp³-hybridized carbons (Fsp3) is 0.385. The van der Waals surface area contributed by atoms with E-state index in [0.717, 1.165) is 22.5 Å². The third kappa shape index (κ3) is 4.52. The van der Waals surface area contributed by atoms with E-state index < -0.39 is 16.0 Å². The number of hydrogen-bond acceptors (Lipinski definition) is 5. The van der Waals surface area contributed by atoms with Crippen LogP contribution in [0.25, 0.3) is 5.69 Å². The minimum atomic E-state index is -3.74. The number of esters is 1. The van der Waals surface area contributed by atoms with E-state index in [2.05, 4.69) is 25.9 Å². The van der Waals surface area contributed by atoms with Gasteiger partial charge < -0.3 is 4.74 Å². The van der Waals surface area contributed by atoms with Crippen LogP contribution in [0.3, 0.4) is 0 Å². The molecular weight excluding hydrogens is 450 g/mol. The first-order chi connectivity index (χ1) is 16.0. The van der Waals surface area contributed by atoms with E-state index in [-0.39, 0.29) is 29.2 Å². The number of sulfonamides is 1. The van der Waals surface area contributed by atoms with Gasteiger partial charge in [-0.1, -0.05) is 50.6 Å². The lowest BCUT2D eigenvalue weighted by Gasteiger charge is -2.27. The number of carbonyl (C=O) groups excluding carboxylic acids is 1. The van der Waals surface area contributed by atoms with Crippen LogP contribution >= 0.6 is 0 Å². The lowest BCUT2D eigenvalue weighted by molar-refractivity contribution is 0.0517. The summed E-state index contributed by atoms with van der Waals surface area (Å²) in [5, 5.41) is 4.56. The fourth-order valence-electron chi connectivity index (χ4n) is 4.14. The third-order valence-electron chi connectivity index (χ3n) is 6.13. The van der Waals surface area contributed by atoms with Crippen LogP contribution < -0.4 is 0 Å². The molecule has 1 aliphatic rings. The number of carbonyl (C=O) groups is 1. The van der Waals surface area contributed by atoms with Crippen molar-refractivity contribution in [1.82, 2.24) is 14.1 Å². The summed E-state index contributed by atoms with van der Waals surface area (Å²) < 4.78 is 35.3. The van der Waals surface area contributed by atoms with Gasteiger partial charge in [-0.3, -0.25) is 0 Å². The number of hydrogen-bond donors (Lipinski definition) is 0. The lowest BCUT2D eigenvalue weighted by atomic mass is 9.87. The fourth-order valence-corrected chi connectivity index (χ4v) is 5.55. The van der Waals surface area contributed by atoms with Crippen LogP contribution in [-0.2, 0) is 33.1 Å². The largest absolute Gasteiger partial charge is 0.461 e. The highest BCUT2D eigenvalue weighted by Crippen LogP contribution is 2.30. The van der Waals surface area contributed by atoms with Gasteiger partial charge in [0.05, 0.1) is 22.9 Å². The molecule has 1 aliphatic heterocycles. The molecule has 2 aromatic carbocycles. The molecule has 8 heteroatoms. The summed E-state index contributed by atoms with van der Waals surface area (Å²) in [6, 6.07) is 14.9. The summed E-state index contributed by atoms with van der Waals surface area (Å²) >= 11 is 0. The van der Waals surface area contributed by atoms with E-state index in [1.54, 1.807) is 23.7 Å². The Hall–Kier alpha value is -2.97. The maximum atomic E-state index is 13.5. The molecule has 0 unspecified atom stereocenters. The van der Waals surface area contributed by atoms with E-state index in [1.165, 1.54) is 4.31 Å². The van der Waals surface area contributed by atoms with E-state index >= 15 is 0 Å². The van der Waals surface area contributed by atoms with E-state index in [4.69, 9.17) is 4.74 Å². The standard InChI is InChI=1S/C26H31N3O4S/c1-6-33-25(30)24-22-17-28(34(31,32)21-13-9-19(10-14-21)26(3,4)5)16-15-23(22)29(27-24)20-11-7-18(2)8-12-20/h7-14H,6,15-17H2,1-5H3. The van der Waals surface area contributed by atoms with Gasteiger partial charge in [-0.25, -0.2) is 17.9 Å². The van der Waals surface area contributed by atoms with Gasteiger partial charge in [0.15, 0.2) is 5.69 Å². The molecule has 3 aromatic rings. The van der Waals surface area contributed by atoms with Crippen LogP contribution in [0.4, 0.5) is 0 Å². The van der Waals surface area contributed by atoms with Gasteiger partial charge in [0.1, 0.15) is 0 Å². The Bertz CT molecular complexity index is 1300. The van der Waals surface area contributed by atoms with Crippen LogP contribution in [0.1, 0.15) is 60.6 Å². The van der Waals surface area contributed by atoms with Gasteiger partial charge in [-0.15, -0.1) is 0 Å². The maximum absolute atomic E-state index is 13.5. The minimum absolute atomic E-state index is 0.0680. The summed E-state index contributed by atoms with van der Waals surface area (Å²) in [4.78, 5) is 13.0. The molecular formula is C26H31N3O4S. The van der Waals surface area contributed by atoms with Gasteiger partial charge in [0.25, 0.3) is 0 Å². The molecule has 4 rings (SSSR count). The number of aromatic nitrogens is 2. The van der Waals surface area contributed by atoms with Crippen molar-refractivity contribution < 1.29 is 17.9 Å². The molecule has 180 valence electrons. The van der Waals surface area contributed by atoms with Crippen molar-refractivity contribution in [2.24, 2.45) is 0 Å². The summed E-state index contributed by atoms with van der Waals surface area (Å²) in [7, 11) is -3.74. The zero-order valence-corrected chi connectivity index (χ0v) is 21.1. The Morgan fingerprint density at radius 3 is 2.29 bits per heavy atom. The molecule has 0 atom stereocenters. The Morgan fingerprint density at radius 2 is 1.71 bits per heavy atom. The van der Waals surface area contributed by atoms with Crippen LogP contribution in [0.5, 0.6) is 0 Å². The second-order valence-electron chi connectivity index (χ2n) is 9.60. The Kier molecular flexibility index (Phi) is 6.40. The second-order valence-corrected chi connectivity index (χ2v) is 11.5. The number of nitrogens with zero attached hydrogens (tertiary/aromatic N) is 3. The predicted octanol–water partition coefficient (Wildman–Crippen LogP) is 4.40. The highest BCUT2D eigenvalue weighted by atomic mass is 32.2. The van der Waals surface area contributed by atoms with Crippen molar-refractivity contribution in [1.29, 1.82) is 0 Å². The first-order valence-electron chi connectivity index (χ1n) is 11.5. The highest BCUT2D eigenvalue weighted by Gasteiger charge is 2.35. The lowest BCUT2D eigenvalue weighted by Crippen LogP contribution is -2.36. The number of rotatable bonds is 5. The molecule has 1 aromatic heterocycles. The van der Waals surface area contributed by atoms with E-state index in [9.17, 15) is 13.2 Å². The Balaban J connectivity index is 1.71. The van der Waals surface area contributed by atoms with E-state index in [1.807, 2.05) is 43.3 Å². The second kappa shape index (κ2) is 9.00. The molecule has 0 saturated heterocycles. The zero-order valence-electron chi connectivity index (χ0n) is 20.3. The van der Waals surface area contributed by atoms with Crippen molar-refractivity contribution in [3.05, 3.63) is 76.6 Å². The molecule has 0 amide bonds. The Morgan fingerprint density at radius 1 is 1.06 bits per heavy atom. The van der Waals surface area contributed by atoms with Gasteiger partial charge in [-0.2, -0.15) is 9.40 Å². The number of benzene rings is 2. The molecule has 7 nitrogen and oxygen atoms in total. The molecule has 0 saturated carbocycles. The predicted molar refractivity (Wildman–Crippen MR) is 131 cm³/mol. The topological polar surface area (TPSA) is 81.5 Å². The van der Waals surface area contributed by atoms with Gasteiger partial charge in [0.2, 0.25) is 10.0 Å². The quantitative estimate of drug-likeness (QED) is 0.505. The molecule has 0 spiro atoms. The molecule has 34 heavy (non-hydrogen) atoms. The molecule has 0 fully saturated rings. The van der Waals surface area contributed by atoms with Crippen LogP contribution in [0.2, 0.25) is 0 Å². The molecule has 0 bridgehead atoms. The van der Waals surface area contributed by atoms with Crippen molar-refractivity contribution in [2.75, 3.05) is 13.2 Å². The van der Waals surface area contributed by atoms with E-state index in [0.29, 0.717) is 18.5 Å². The Labute approximate surface area is 201 Å². The maximum Gasteiger partial charge on any atom is 0.359 e. The SMILES string of the molecule is CCOC(=O)c1nn(-c2ccc(C)cc2)c2c1CN(S(=O)(=O)c1ccc(C(C)(C)C)cc1)CC2. The third-order valence-corrected chi connectivity index (χ3v) is 7.99. The van der Waals surface area contributed by atoms with Gasteiger partial charge in [0, 0.05) is 25.1 Å². The average molecular weight is 482 g/mol. The van der Waals surface area contributed by atoms with Crippen LogP contribution in [0.15, 0.2) is 53.4 Å². The number of aryl methyl sites for hydroxylation is 1. The van der Waals surface area contributed by atoms with Gasteiger partial charge >= 0.3 is 5.97 Å². The first-order valence-corrected chi connectivity index (χ1v) is 12.9. The average Bonchev–Trinajstić information content (AvgIpc) is 3.18. The summed E-state index contributed by atoms with van der Waals surface area (Å²) in [5.41, 5.74) is 4.54. The smallest absolute Gasteiger partial charge is 0.359 e. The molecule has 0 N–H and O–H groups in total. The van der Waals surface area contributed by atoms with Crippen molar-refractivity contribution in [3.8, 4) is 5.69 Å². The van der Waals surface area contributed by atoms with Crippen molar-refractivity contribution in [3.63, 3.8) is 0 Å². The van der Waals surface area contributed by atoms with Crippen LogP contribution in [0, 0.1) is 6.92 Å². The van der Waals surface area contributed by atoms with Crippen molar-refractivity contribution >= 4 is 16.0 Å². The molecule has 0 aliphatic carbocycles. The van der Waals surface area contributed by atoms with Crippen LogP contribution in [-0.4, -0.2) is 41.6 Å².